The van der Waals surface area contributed by atoms with Gasteiger partial charge < -0.3 is 4.98 Å². The molecule has 4 rings (SSSR count). The predicted octanol–water partition coefficient (Wildman–Crippen LogP) is 3.01. The number of nitrogens with zero attached hydrogens (tertiary/aromatic N) is 3. The number of rotatable bonds is 2. The Morgan fingerprint density at radius 1 is 0.950 bits per heavy atom. The highest BCUT2D eigenvalue weighted by atomic mass is 15.1. The Balaban J connectivity index is 1.94. The fraction of sp³-hybridized carbons (Fsp3) is 0. The molecule has 0 amide bonds. The SMILES string of the molecule is c1ccc(-c2nc3c(-c4cn[nH]c4)ccnc3[nH]2)cc1. The van der Waals surface area contributed by atoms with Crippen LogP contribution < -0.4 is 0 Å². The van der Waals surface area contributed by atoms with Crippen molar-refractivity contribution in [1.82, 2.24) is 25.1 Å². The van der Waals surface area contributed by atoms with E-state index in [0.29, 0.717) is 0 Å². The van der Waals surface area contributed by atoms with Gasteiger partial charge in [0.25, 0.3) is 0 Å². The van der Waals surface area contributed by atoms with Gasteiger partial charge in [0.05, 0.1) is 6.20 Å². The van der Waals surface area contributed by atoms with E-state index in [0.717, 1.165) is 33.7 Å². The first-order valence-electron chi connectivity index (χ1n) is 6.31. The van der Waals surface area contributed by atoms with E-state index in [9.17, 15) is 0 Å². The number of pyridine rings is 1. The molecule has 0 radical (unpaired) electrons. The van der Waals surface area contributed by atoms with Crippen molar-refractivity contribution in [3.8, 4) is 22.5 Å². The van der Waals surface area contributed by atoms with E-state index >= 15 is 0 Å². The molecule has 0 spiro atoms. The minimum absolute atomic E-state index is 0.780. The molecule has 0 saturated heterocycles. The highest BCUT2D eigenvalue weighted by molar-refractivity contribution is 5.90. The summed E-state index contributed by atoms with van der Waals surface area (Å²) in [7, 11) is 0. The lowest BCUT2D eigenvalue weighted by molar-refractivity contribution is 1.09. The highest BCUT2D eigenvalue weighted by Gasteiger charge is 2.11. The highest BCUT2D eigenvalue weighted by Crippen LogP contribution is 2.27. The van der Waals surface area contributed by atoms with E-state index in [-0.39, 0.29) is 0 Å². The summed E-state index contributed by atoms with van der Waals surface area (Å²) in [6, 6.07) is 12.0. The second-order valence-corrected chi connectivity index (χ2v) is 4.49. The number of H-pyrrole nitrogens is 2. The molecule has 0 aliphatic heterocycles. The molecule has 5 heteroatoms. The summed E-state index contributed by atoms with van der Waals surface area (Å²) in [6.07, 6.45) is 5.41. The van der Waals surface area contributed by atoms with Gasteiger partial charge in [-0.25, -0.2) is 9.97 Å². The van der Waals surface area contributed by atoms with Gasteiger partial charge in [0, 0.05) is 29.1 Å². The molecular weight excluding hydrogens is 250 g/mol. The molecule has 3 aromatic heterocycles. The van der Waals surface area contributed by atoms with Crippen molar-refractivity contribution in [2.75, 3.05) is 0 Å². The number of nitrogens with one attached hydrogen (secondary N) is 2. The van der Waals surface area contributed by atoms with Crippen LogP contribution in [0.4, 0.5) is 0 Å². The number of hydrogen-bond donors (Lipinski definition) is 2. The maximum atomic E-state index is 4.68. The zero-order valence-corrected chi connectivity index (χ0v) is 10.5. The predicted molar refractivity (Wildman–Crippen MR) is 76.9 cm³/mol. The maximum Gasteiger partial charge on any atom is 0.158 e. The lowest BCUT2D eigenvalue weighted by Gasteiger charge is -1.96. The number of benzene rings is 1. The molecule has 5 nitrogen and oxygen atoms in total. The van der Waals surface area contributed by atoms with Crippen LogP contribution in [0, 0.1) is 0 Å². The van der Waals surface area contributed by atoms with Crippen molar-refractivity contribution in [2.45, 2.75) is 0 Å². The van der Waals surface area contributed by atoms with Crippen LogP contribution in [0.15, 0.2) is 55.0 Å². The van der Waals surface area contributed by atoms with E-state index in [1.807, 2.05) is 42.6 Å². The van der Waals surface area contributed by atoms with Gasteiger partial charge in [0.2, 0.25) is 0 Å². The summed E-state index contributed by atoms with van der Waals surface area (Å²) in [5, 5.41) is 6.81. The number of hydrogen-bond acceptors (Lipinski definition) is 3. The molecule has 96 valence electrons. The van der Waals surface area contributed by atoms with Gasteiger partial charge in [-0.1, -0.05) is 30.3 Å². The second kappa shape index (κ2) is 4.31. The number of fused-ring (bicyclic) bond motifs is 1. The van der Waals surface area contributed by atoms with E-state index in [1.54, 1.807) is 12.4 Å². The van der Waals surface area contributed by atoms with Crippen molar-refractivity contribution in [1.29, 1.82) is 0 Å². The van der Waals surface area contributed by atoms with E-state index < -0.39 is 0 Å². The minimum Gasteiger partial charge on any atom is -0.323 e. The Morgan fingerprint density at radius 3 is 2.65 bits per heavy atom. The molecule has 1 aromatic carbocycles. The molecule has 0 atom stereocenters. The Morgan fingerprint density at radius 2 is 1.85 bits per heavy atom. The fourth-order valence-electron chi connectivity index (χ4n) is 2.27. The summed E-state index contributed by atoms with van der Waals surface area (Å²) >= 11 is 0. The van der Waals surface area contributed by atoms with Crippen molar-refractivity contribution in [3.05, 3.63) is 55.0 Å². The third-order valence-corrected chi connectivity index (χ3v) is 3.24. The van der Waals surface area contributed by atoms with E-state index in [4.69, 9.17) is 0 Å². The third kappa shape index (κ3) is 1.68. The van der Waals surface area contributed by atoms with Gasteiger partial charge in [0.1, 0.15) is 11.3 Å². The summed E-state index contributed by atoms with van der Waals surface area (Å²) in [4.78, 5) is 12.3. The van der Waals surface area contributed by atoms with Crippen molar-refractivity contribution in [2.24, 2.45) is 0 Å². The second-order valence-electron chi connectivity index (χ2n) is 4.49. The average molecular weight is 261 g/mol. The quantitative estimate of drug-likeness (QED) is 0.582. The van der Waals surface area contributed by atoms with Crippen LogP contribution in [0.2, 0.25) is 0 Å². The van der Waals surface area contributed by atoms with Crippen LogP contribution in [0.3, 0.4) is 0 Å². The van der Waals surface area contributed by atoms with Gasteiger partial charge >= 0.3 is 0 Å². The number of aromatic amines is 2. The number of aromatic nitrogens is 5. The minimum atomic E-state index is 0.780. The van der Waals surface area contributed by atoms with Crippen molar-refractivity contribution < 1.29 is 0 Å². The zero-order valence-electron chi connectivity index (χ0n) is 10.5. The molecular formula is C15H11N5. The van der Waals surface area contributed by atoms with Gasteiger partial charge in [-0.2, -0.15) is 5.10 Å². The summed E-state index contributed by atoms with van der Waals surface area (Å²) in [5.74, 6) is 0.823. The molecule has 20 heavy (non-hydrogen) atoms. The Kier molecular flexibility index (Phi) is 2.35. The zero-order chi connectivity index (χ0) is 13.4. The standard InChI is InChI=1S/C15H11N5/c1-2-4-10(5-3-1)14-19-13-12(11-8-17-18-9-11)6-7-16-15(13)20-14/h1-9H,(H,17,18)(H,16,19,20). The van der Waals surface area contributed by atoms with Gasteiger partial charge in [-0.15, -0.1) is 0 Å². The lowest BCUT2D eigenvalue weighted by atomic mass is 10.1. The maximum absolute atomic E-state index is 4.68. The van der Waals surface area contributed by atoms with E-state index in [1.165, 1.54) is 0 Å². The first-order valence-corrected chi connectivity index (χ1v) is 6.31. The normalized spacial score (nSPS) is 11.0. The largest absolute Gasteiger partial charge is 0.323 e. The Hall–Kier alpha value is -2.95. The van der Waals surface area contributed by atoms with Crippen molar-refractivity contribution >= 4 is 11.2 Å². The lowest BCUT2D eigenvalue weighted by Crippen LogP contribution is -1.81. The first kappa shape index (κ1) is 10.9. The molecule has 3 heterocycles. The van der Waals surface area contributed by atoms with Crippen LogP contribution in [-0.4, -0.2) is 25.1 Å². The van der Waals surface area contributed by atoms with Crippen LogP contribution in [-0.2, 0) is 0 Å². The first-order chi connectivity index (χ1) is 9.92. The molecule has 0 fully saturated rings. The molecule has 0 bridgehead atoms. The Labute approximate surface area is 114 Å². The van der Waals surface area contributed by atoms with E-state index in [2.05, 4.69) is 25.1 Å². The van der Waals surface area contributed by atoms with Crippen molar-refractivity contribution in [3.63, 3.8) is 0 Å². The Bertz CT molecular complexity index is 847. The molecule has 4 aromatic rings. The molecule has 0 aliphatic carbocycles. The van der Waals surface area contributed by atoms with Gasteiger partial charge in [0.15, 0.2) is 5.65 Å². The number of imidazole rings is 1. The fourth-order valence-corrected chi connectivity index (χ4v) is 2.27. The smallest absolute Gasteiger partial charge is 0.158 e. The monoisotopic (exact) mass is 261 g/mol. The molecule has 0 saturated carbocycles. The summed E-state index contributed by atoms with van der Waals surface area (Å²) < 4.78 is 0. The average Bonchev–Trinajstić information content (AvgIpc) is 3.17. The van der Waals surface area contributed by atoms with Gasteiger partial charge in [-0.05, 0) is 6.07 Å². The van der Waals surface area contributed by atoms with Crippen LogP contribution in [0.5, 0.6) is 0 Å². The molecule has 2 N–H and O–H groups in total. The summed E-state index contributed by atoms with van der Waals surface area (Å²) in [6.45, 7) is 0. The molecule has 0 unspecified atom stereocenters. The van der Waals surface area contributed by atoms with Gasteiger partial charge in [-0.3, -0.25) is 5.10 Å². The summed E-state index contributed by atoms with van der Waals surface area (Å²) in [5.41, 5.74) is 4.70. The topological polar surface area (TPSA) is 70.2 Å². The van der Waals surface area contributed by atoms with Crippen LogP contribution in [0.1, 0.15) is 0 Å². The van der Waals surface area contributed by atoms with Crippen LogP contribution in [0.25, 0.3) is 33.7 Å². The van der Waals surface area contributed by atoms with Crippen LogP contribution >= 0.6 is 0 Å². The molecule has 0 aliphatic rings. The third-order valence-electron chi connectivity index (χ3n) is 3.24.